The van der Waals surface area contributed by atoms with Gasteiger partial charge in [0.05, 0.1) is 47.5 Å². The highest BCUT2D eigenvalue weighted by atomic mass is 16.2. The average Bonchev–Trinajstić information content (AvgIpc) is 3.43. The van der Waals surface area contributed by atoms with Gasteiger partial charge in [0, 0.05) is 7.05 Å². The summed E-state index contributed by atoms with van der Waals surface area (Å²) in [5.74, 6) is -0.135. The van der Waals surface area contributed by atoms with Crippen molar-refractivity contribution in [3.05, 3.63) is 65.5 Å². The highest BCUT2D eigenvalue weighted by Gasteiger charge is 2.17. The van der Waals surface area contributed by atoms with Crippen molar-refractivity contribution < 1.29 is 4.79 Å². The first-order chi connectivity index (χ1) is 13.6. The standard InChI is InChI=1S/C20H23N7O/c1-3-6-14-9-15(23-22-14)11-26(2)20(28)18-10-16(24-25-18)12-27-13-21-17-7-4-5-8-19(17)27/h4-5,7-10,13H,3,6,11-12H2,1-2H3,(H,22,23)(H,24,25). The van der Waals surface area contributed by atoms with Gasteiger partial charge in [0.15, 0.2) is 0 Å². The zero-order valence-corrected chi connectivity index (χ0v) is 16.0. The van der Waals surface area contributed by atoms with E-state index in [0.29, 0.717) is 18.8 Å². The number of hydrogen-bond acceptors (Lipinski definition) is 4. The Kier molecular flexibility index (Phi) is 4.92. The van der Waals surface area contributed by atoms with Gasteiger partial charge in [-0.05, 0) is 30.7 Å². The van der Waals surface area contributed by atoms with Crippen LogP contribution in [0.3, 0.4) is 0 Å². The first kappa shape index (κ1) is 18.0. The molecular formula is C20H23N7O. The van der Waals surface area contributed by atoms with Gasteiger partial charge in [0.1, 0.15) is 5.69 Å². The number of benzene rings is 1. The summed E-state index contributed by atoms with van der Waals surface area (Å²) in [5, 5.41) is 14.4. The van der Waals surface area contributed by atoms with E-state index in [0.717, 1.165) is 41.0 Å². The Morgan fingerprint density at radius 3 is 2.82 bits per heavy atom. The zero-order valence-electron chi connectivity index (χ0n) is 16.0. The van der Waals surface area contributed by atoms with Crippen LogP contribution in [0.2, 0.25) is 0 Å². The molecule has 0 aliphatic carbocycles. The number of aromatic amines is 2. The van der Waals surface area contributed by atoms with Crippen LogP contribution in [-0.2, 0) is 19.5 Å². The number of rotatable bonds is 7. The quantitative estimate of drug-likeness (QED) is 0.518. The molecule has 0 radical (unpaired) electrons. The Bertz CT molecular complexity index is 1090. The van der Waals surface area contributed by atoms with Crippen molar-refractivity contribution in [2.24, 2.45) is 0 Å². The predicted octanol–water partition coefficient (Wildman–Crippen LogP) is 2.76. The van der Waals surface area contributed by atoms with Gasteiger partial charge in [-0.15, -0.1) is 0 Å². The van der Waals surface area contributed by atoms with Crippen molar-refractivity contribution in [2.75, 3.05) is 7.05 Å². The van der Waals surface area contributed by atoms with Crippen LogP contribution in [0.1, 0.15) is 40.9 Å². The molecule has 8 heteroatoms. The molecule has 0 atom stereocenters. The van der Waals surface area contributed by atoms with Gasteiger partial charge in [-0.2, -0.15) is 10.2 Å². The summed E-state index contributed by atoms with van der Waals surface area (Å²) in [6, 6.07) is 11.8. The molecule has 28 heavy (non-hydrogen) atoms. The maximum atomic E-state index is 12.7. The van der Waals surface area contributed by atoms with Crippen LogP contribution in [0.4, 0.5) is 0 Å². The Hall–Kier alpha value is -3.42. The van der Waals surface area contributed by atoms with E-state index in [1.165, 1.54) is 0 Å². The summed E-state index contributed by atoms with van der Waals surface area (Å²) in [7, 11) is 1.76. The summed E-state index contributed by atoms with van der Waals surface area (Å²) in [6.07, 6.45) is 3.77. The topological polar surface area (TPSA) is 95.5 Å². The average molecular weight is 377 g/mol. The van der Waals surface area contributed by atoms with E-state index in [4.69, 9.17) is 0 Å². The zero-order chi connectivity index (χ0) is 19.5. The molecule has 1 aromatic carbocycles. The Balaban J connectivity index is 1.43. The molecule has 4 rings (SSSR count). The summed E-state index contributed by atoms with van der Waals surface area (Å²) in [5.41, 5.74) is 5.18. The lowest BCUT2D eigenvalue weighted by atomic mass is 10.2. The van der Waals surface area contributed by atoms with Crippen LogP contribution in [0.15, 0.2) is 42.7 Å². The lowest BCUT2D eigenvalue weighted by molar-refractivity contribution is 0.0777. The molecule has 1 amide bonds. The van der Waals surface area contributed by atoms with Crippen molar-refractivity contribution in [2.45, 2.75) is 32.9 Å². The molecule has 0 aliphatic rings. The van der Waals surface area contributed by atoms with E-state index in [1.54, 1.807) is 24.3 Å². The fourth-order valence-electron chi connectivity index (χ4n) is 3.27. The number of aryl methyl sites for hydroxylation is 1. The van der Waals surface area contributed by atoms with Gasteiger partial charge < -0.3 is 9.47 Å². The van der Waals surface area contributed by atoms with Crippen LogP contribution in [-0.4, -0.2) is 47.8 Å². The number of amides is 1. The molecule has 144 valence electrons. The number of aromatic nitrogens is 6. The molecule has 8 nitrogen and oxygen atoms in total. The molecule has 0 saturated heterocycles. The van der Waals surface area contributed by atoms with Gasteiger partial charge in [0.25, 0.3) is 5.91 Å². The molecule has 0 spiro atoms. The number of carbonyl (C=O) groups is 1. The summed E-state index contributed by atoms with van der Waals surface area (Å²) < 4.78 is 2.03. The maximum Gasteiger partial charge on any atom is 0.274 e. The molecular weight excluding hydrogens is 354 g/mol. The van der Waals surface area contributed by atoms with E-state index >= 15 is 0 Å². The largest absolute Gasteiger partial charge is 0.334 e. The van der Waals surface area contributed by atoms with E-state index in [2.05, 4.69) is 32.3 Å². The van der Waals surface area contributed by atoms with Crippen molar-refractivity contribution in [1.29, 1.82) is 0 Å². The number of nitrogens with zero attached hydrogens (tertiary/aromatic N) is 5. The van der Waals surface area contributed by atoms with Crippen LogP contribution in [0, 0.1) is 0 Å². The summed E-state index contributed by atoms with van der Waals surface area (Å²) >= 11 is 0. The Morgan fingerprint density at radius 2 is 1.96 bits per heavy atom. The fraction of sp³-hybridized carbons (Fsp3) is 0.300. The van der Waals surface area contributed by atoms with Crippen LogP contribution < -0.4 is 0 Å². The number of imidazole rings is 1. The molecule has 4 aromatic rings. The lowest BCUT2D eigenvalue weighted by Gasteiger charge is -2.14. The third-order valence-corrected chi connectivity index (χ3v) is 4.66. The minimum absolute atomic E-state index is 0.135. The second-order valence-electron chi connectivity index (χ2n) is 6.94. The van der Waals surface area contributed by atoms with Crippen molar-refractivity contribution in [3.63, 3.8) is 0 Å². The van der Waals surface area contributed by atoms with Crippen LogP contribution in [0.5, 0.6) is 0 Å². The van der Waals surface area contributed by atoms with Gasteiger partial charge in [-0.25, -0.2) is 4.98 Å². The van der Waals surface area contributed by atoms with Crippen molar-refractivity contribution in [1.82, 2.24) is 34.8 Å². The number of para-hydroxylation sites is 2. The third kappa shape index (κ3) is 3.66. The van der Waals surface area contributed by atoms with E-state index in [-0.39, 0.29) is 5.91 Å². The monoisotopic (exact) mass is 377 g/mol. The first-order valence-corrected chi connectivity index (χ1v) is 9.37. The van der Waals surface area contributed by atoms with Crippen molar-refractivity contribution >= 4 is 16.9 Å². The van der Waals surface area contributed by atoms with Crippen molar-refractivity contribution in [3.8, 4) is 0 Å². The molecule has 0 unspecified atom stereocenters. The molecule has 3 aromatic heterocycles. The van der Waals surface area contributed by atoms with E-state index < -0.39 is 0 Å². The lowest BCUT2D eigenvalue weighted by Crippen LogP contribution is -2.26. The molecule has 0 aliphatic heterocycles. The minimum atomic E-state index is -0.135. The molecule has 3 heterocycles. The summed E-state index contributed by atoms with van der Waals surface area (Å²) in [6.45, 7) is 3.15. The molecule has 0 bridgehead atoms. The highest BCUT2D eigenvalue weighted by Crippen LogP contribution is 2.14. The van der Waals surface area contributed by atoms with Gasteiger partial charge in [-0.3, -0.25) is 15.0 Å². The van der Waals surface area contributed by atoms with E-state index in [9.17, 15) is 4.79 Å². The van der Waals surface area contributed by atoms with Gasteiger partial charge in [0.2, 0.25) is 0 Å². The SMILES string of the molecule is CCCc1cc(CN(C)C(=O)c2cc(Cn3cnc4ccccc43)[nH]n2)[nH]n1. The minimum Gasteiger partial charge on any atom is -0.334 e. The smallest absolute Gasteiger partial charge is 0.274 e. The third-order valence-electron chi connectivity index (χ3n) is 4.66. The summed E-state index contributed by atoms with van der Waals surface area (Å²) in [4.78, 5) is 18.7. The Labute approximate surface area is 162 Å². The number of H-pyrrole nitrogens is 2. The number of carbonyl (C=O) groups excluding carboxylic acids is 1. The number of nitrogens with one attached hydrogen (secondary N) is 2. The first-order valence-electron chi connectivity index (χ1n) is 9.37. The molecule has 0 saturated carbocycles. The Morgan fingerprint density at radius 1 is 1.14 bits per heavy atom. The predicted molar refractivity (Wildman–Crippen MR) is 106 cm³/mol. The normalized spacial score (nSPS) is 11.2. The number of hydrogen-bond donors (Lipinski definition) is 2. The van der Waals surface area contributed by atoms with Gasteiger partial charge in [-0.1, -0.05) is 25.5 Å². The van der Waals surface area contributed by atoms with Crippen LogP contribution >= 0.6 is 0 Å². The van der Waals surface area contributed by atoms with Crippen LogP contribution in [0.25, 0.3) is 11.0 Å². The number of fused-ring (bicyclic) bond motifs is 1. The molecule has 0 fully saturated rings. The second kappa shape index (κ2) is 7.67. The van der Waals surface area contributed by atoms with E-state index in [1.807, 2.05) is 34.9 Å². The maximum absolute atomic E-state index is 12.7. The second-order valence-corrected chi connectivity index (χ2v) is 6.94. The fourth-order valence-corrected chi connectivity index (χ4v) is 3.27. The molecule has 2 N–H and O–H groups in total. The highest BCUT2D eigenvalue weighted by molar-refractivity contribution is 5.92. The van der Waals surface area contributed by atoms with Gasteiger partial charge >= 0.3 is 0 Å².